The minimum atomic E-state index is -3.81. The molecule has 1 saturated heterocycles. The maximum absolute atomic E-state index is 12.8. The van der Waals surface area contributed by atoms with E-state index in [1.807, 2.05) is 13.0 Å². The first-order chi connectivity index (χ1) is 11.9. The molecule has 0 unspecified atom stereocenters. The molecule has 1 aliphatic rings. The van der Waals surface area contributed by atoms with E-state index in [1.165, 1.54) is 24.3 Å². The lowest BCUT2D eigenvalue weighted by molar-refractivity contribution is 0.0793. The molecule has 1 N–H and O–H groups in total. The summed E-state index contributed by atoms with van der Waals surface area (Å²) in [4.78, 5) is 14.7. The molecular formula is C18H19ClN2O3S. The van der Waals surface area contributed by atoms with Gasteiger partial charge in [-0.25, -0.2) is 8.42 Å². The Hall–Kier alpha value is -2.05. The highest BCUT2D eigenvalue weighted by molar-refractivity contribution is 7.92. The third-order valence-electron chi connectivity index (χ3n) is 4.25. The monoisotopic (exact) mass is 378 g/mol. The van der Waals surface area contributed by atoms with E-state index in [0.29, 0.717) is 29.4 Å². The predicted octanol–water partition coefficient (Wildman–Crippen LogP) is 3.69. The largest absolute Gasteiger partial charge is 0.339 e. The van der Waals surface area contributed by atoms with Crippen molar-refractivity contribution in [1.29, 1.82) is 0 Å². The summed E-state index contributed by atoms with van der Waals surface area (Å²) in [5, 5.41) is 0.458. The normalized spacial score (nSPS) is 14.6. The highest BCUT2D eigenvalue weighted by Gasteiger charge is 2.25. The van der Waals surface area contributed by atoms with Crippen LogP contribution in [0.4, 0.5) is 5.69 Å². The van der Waals surface area contributed by atoms with Gasteiger partial charge < -0.3 is 4.90 Å². The van der Waals surface area contributed by atoms with E-state index < -0.39 is 10.0 Å². The van der Waals surface area contributed by atoms with Gasteiger partial charge in [0.05, 0.1) is 16.1 Å². The molecule has 7 heteroatoms. The summed E-state index contributed by atoms with van der Waals surface area (Å²) in [7, 11) is -3.81. The van der Waals surface area contributed by atoms with E-state index in [0.717, 1.165) is 18.4 Å². The van der Waals surface area contributed by atoms with Crippen LogP contribution in [0.15, 0.2) is 47.4 Å². The fraction of sp³-hybridized carbons (Fsp3) is 0.278. The standard InChI is InChI=1S/C18H19ClN2O3S/c1-13-5-4-6-16(17(13)18(22)21-11-2-3-12-21)20-25(23,24)15-9-7-14(19)8-10-15/h4-10,20H,2-3,11-12H2,1H3. The van der Waals surface area contributed by atoms with Crippen LogP contribution in [0.1, 0.15) is 28.8 Å². The van der Waals surface area contributed by atoms with Crippen LogP contribution in [0.5, 0.6) is 0 Å². The minimum absolute atomic E-state index is 0.0953. The van der Waals surface area contributed by atoms with Gasteiger partial charge in [-0.05, 0) is 55.7 Å². The van der Waals surface area contributed by atoms with Crippen LogP contribution in [0, 0.1) is 6.92 Å². The second-order valence-corrected chi connectivity index (χ2v) is 8.18. The van der Waals surface area contributed by atoms with Crippen LogP contribution < -0.4 is 4.72 Å². The fourth-order valence-corrected chi connectivity index (χ4v) is 4.13. The number of benzene rings is 2. The molecule has 0 radical (unpaired) electrons. The average molecular weight is 379 g/mol. The van der Waals surface area contributed by atoms with Crippen molar-refractivity contribution in [3.63, 3.8) is 0 Å². The SMILES string of the molecule is Cc1cccc(NS(=O)(=O)c2ccc(Cl)cc2)c1C(=O)N1CCCC1. The zero-order valence-corrected chi connectivity index (χ0v) is 15.4. The Morgan fingerprint density at radius 1 is 1.08 bits per heavy atom. The number of sulfonamides is 1. The number of rotatable bonds is 4. The van der Waals surface area contributed by atoms with Gasteiger partial charge in [-0.15, -0.1) is 0 Å². The lowest BCUT2D eigenvalue weighted by Crippen LogP contribution is -2.29. The zero-order chi connectivity index (χ0) is 18.0. The van der Waals surface area contributed by atoms with Crippen molar-refractivity contribution in [3.05, 3.63) is 58.6 Å². The summed E-state index contributed by atoms with van der Waals surface area (Å²) in [5.74, 6) is -0.135. The first-order valence-corrected chi connectivity index (χ1v) is 9.92. The summed E-state index contributed by atoms with van der Waals surface area (Å²) in [6, 6.07) is 11.1. The number of likely N-dealkylation sites (tertiary alicyclic amines) is 1. The Bertz CT molecular complexity index is 889. The first kappa shape index (κ1) is 17.8. The Balaban J connectivity index is 1.96. The molecule has 0 aliphatic carbocycles. The van der Waals surface area contributed by atoms with Crippen molar-refractivity contribution in [1.82, 2.24) is 4.90 Å². The first-order valence-electron chi connectivity index (χ1n) is 8.06. The van der Waals surface area contributed by atoms with Crippen LogP contribution in [0.2, 0.25) is 5.02 Å². The van der Waals surface area contributed by atoms with Crippen molar-refractivity contribution < 1.29 is 13.2 Å². The van der Waals surface area contributed by atoms with E-state index in [9.17, 15) is 13.2 Å². The zero-order valence-electron chi connectivity index (χ0n) is 13.8. The maximum atomic E-state index is 12.8. The third-order valence-corrected chi connectivity index (χ3v) is 5.88. The number of nitrogens with zero attached hydrogens (tertiary/aromatic N) is 1. The summed E-state index contributed by atoms with van der Waals surface area (Å²) in [6.45, 7) is 3.22. The summed E-state index contributed by atoms with van der Waals surface area (Å²) >= 11 is 5.82. The number of nitrogens with one attached hydrogen (secondary N) is 1. The Kier molecular flexibility index (Phi) is 5.01. The van der Waals surface area contributed by atoms with E-state index in [-0.39, 0.29) is 10.8 Å². The second kappa shape index (κ2) is 7.06. The molecule has 1 fully saturated rings. The van der Waals surface area contributed by atoms with E-state index >= 15 is 0 Å². The molecule has 1 heterocycles. The van der Waals surface area contributed by atoms with Gasteiger partial charge in [0.15, 0.2) is 0 Å². The third kappa shape index (κ3) is 3.80. The Labute approximate surface area is 152 Å². The summed E-state index contributed by atoms with van der Waals surface area (Å²) < 4.78 is 27.8. The molecule has 2 aromatic carbocycles. The molecule has 1 aliphatic heterocycles. The van der Waals surface area contributed by atoms with Crippen molar-refractivity contribution in [2.45, 2.75) is 24.7 Å². The summed E-state index contributed by atoms with van der Waals surface area (Å²) in [6.07, 6.45) is 1.95. The van der Waals surface area contributed by atoms with E-state index in [1.54, 1.807) is 17.0 Å². The van der Waals surface area contributed by atoms with Gasteiger partial charge >= 0.3 is 0 Å². The maximum Gasteiger partial charge on any atom is 0.261 e. The topological polar surface area (TPSA) is 66.5 Å². The highest BCUT2D eigenvalue weighted by atomic mass is 35.5. The van der Waals surface area contributed by atoms with Crippen molar-refractivity contribution in [3.8, 4) is 0 Å². The lowest BCUT2D eigenvalue weighted by Gasteiger charge is -2.20. The molecular weight excluding hydrogens is 360 g/mol. The molecule has 0 atom stereocenters. The van der Waals surface area contributed by atoms with Gasteiger partial charge in [0, 0.05) is 18.1 Å². The molecule has 5 nitrogen and oxygen atoms in total. The average Bonchev–Trinajstić information content (AvgIpc) is 3.09. The van der Waals surface area contributed by atoms with Crippen LogP contribution in [0.25, 0.3) is 0 Å². The number of anilines is 1. The van der Waals surface area contributed by atoms with E-state index in [4.69, 9.17) is 11.6 Å². The second-order valence-electron chi connectivity index (χ2n) is 6.06. The van der Waals surface area contributed by atoms with Crippen LogP contribution >= 0.6 is 11.6 Å². The lowest BCUT2D eigenvalue weighted by atomic mass is 10.1. The quantitative estimate of drug-likeness (QED) is 0.882. The van der Waals surface area contributed by atoms with Gasteiger partial charge in [0.25, 0.3) is 15.9 Å². The van der Waals surface area contributed by atoms with Crippen molar-refractivity contribution in [2.75, 3.05) is 17.8 Å². The number of hydrogen-bond acceptors (Lipinski definition) is 3. The highest BCUT2D eigenvalue weighted by Crippen LogP contribution is 2.26. The van der Waals surface area contributed by atoms with Gasteiger partial charge in [0.2, 0.25) is 0 Å². The molecule has 132 valence electrons. The van der Waals surface area contributed by atoms with Crippen LogP contribution in [0.3, 0.4) is 0 Å². The van der Waals surface area contributed by atoms with Gasteiger partial charge in [-0.2, -0.15) is 0 Å². The number of halogens is 1. The number of amides is 1. The Morgan fingerprint density at radius 2 is 1.72 bits per heavy atom. The van der Waals surface area contributed by atoms with Crippen LogP contribution in [-0.4, -0.2) is 32.3 Å². The smallest absolute Gasteiger partial charge is 0.261 e. The molecule has 0 bridgehead atoms. The van der Waals surface area contributed by atoms with Crippen LogP contribution in [-0.2, 0) is 10.0 Å². The molecule has 0 aromatic heterocycles. The molecule has 25 heavy (non-hydrogen) atoms. The Morgan fingerprint density at radius 3 is 2.36 bits per heavy atom. The van der Waals surface area contributed by atoms with Gasteiger partial charge in [-0.3, -0.25) is 9.52 Å². The molecule has 3 rings (SSSR count). The molecule has 0 spiro atoms. The molecule has 1 amide bonds. The number of carbonyl (C=O) groups excluding carboxylic acids is 1. The number of aryl methyl sites for hydroxylation is 1. The molecule has 0 saturated carbocycles. The molecule has 2 aromatic rings. The van der Waals surface area contributed by atoms with Crippen molar-refractivity contribution in [2.24, 2.45) is 0 Å². The number of carbonyl (C=O) groups is 1. The minimum Gasteiger partial charge on any atom is -0.339 e. The van der Waals surface area contributed by atoms with Gasteiger partial charge in [0.1, 0.15) is 0 Å². The van der Waals surface area contributed by atoms with Crippen molar-refractivity contribution >= 4 is 33.2 Å². The fourth-order valence-electron chi connectivity index (χ4n) is 2.93. The summed E-state index contributed by atoms with van der Waals surface area (Å²) in [5.41, 5.74) is 1.45. The predicted molar refractivity (Wildman–Crippen MR) is 98.6 cm³/mol. The van der Waals surface area contributed by atoms with E-state index in [2.05, 4.69) is 4.72 Å². The number of hydrogen-bond donors (Lipinski definition) is 1. The van der Waals surface area contributed by atoms with Gasteiger partial charge in [-0.1, -0.05) is 23.7 Å².